The molecule has 0 aliphatic rings. The Balaban J connectivity index is 1.80. The van der Waals surface area contributed by atoms with Gasteiger partial charge in [-0.2, -0.15) is 0 Å². The lowest BCUT2D eigenvalue weighted by atomic mass is 9.87. The molecule has 0 spiro atoms. The maximum atomic E-state index is 12.6. The Hall–Kier alpha value is -3.47. The lowest BCUT2D eigenvalue weighted by Crippen LogP contribution is -2.15. The summed E-state index contributed by atoms with van der Waals surface area (Å²) < 4.78 is 5.71. The molecule has 0 bridgehead atoms. The molecule has 28 heavy (non-hydrogen) atoms. The van der Waals surface area contributed by atoms with E-state index in [1.165, 1.54) is 4.80 Å². The van der Waals surface area contributed by atoms with Crippen molar-refractivity contribution < 1.29 is 9.53 Å². The van der Waals surface area contributed by atoms with Crippen molar-refractivity contribution in [1.82, 2.24) is 15.0 Å². The minimum Gasteiger partial charge on any atom is -0.421 e. The van der Waals surface area contributed by atoms with Gasteiger partial charge in [0.1, 0.15) is 16.7 Å². The number of carbonyl (C=O) groups is 1. The van der Waals surface area contributed by atoms with Crippen LogP contribution in [0, 0.1) is 0 Å². The Bertz CT molecular complexity index is 1110. The maximum absolute atomic E-state index is 12.6. The Labute approximate surface area is 163 Å². The van der Waals surface area contributed by atoms with Crippen LogP contribution in [0.15, 0.2) is 72.8 Å². The van der Waals surface area contributed by atoms with Crippen LogP contribution < -0.4 is 4.74 Å². The van der Waals surface area contributed by atoms with Crippen molar-refractivity contribution in [3.8, 4) is 11.4 Å². The molecule has 3 aromatic carbocycles. The fraction of sp³-hybridized carbons (Fsp3) is 0.174. The van der Waals surface area contributed by atoms with Crippen LogP contribution >= 0.6 is 0 Å². The fourth-order valence-electron chi connectivity index (χ4n) is 2.93. The number of ether oxygens (including phenoxy) is 1. The van der Waals surface area contributed by atoms with Crippen LogP contribution in [0.1, 0.15) is 36.7 Å². The molecule has 5 heteroatoms. The van der Waals surface area contributed by atoms with Crippen molar-refractivity contribution in [2.45, 2.75) is 26.2 Å². The molecule has 0 saturated carbocycles. The third-order valence-electron chi connectivity index (χ3n) is 4.54. The molecule has 140 valence electrons. The first-order valence-corrected chi connectivity index (χ1v) is 9.16. The summed E-state index contributed by atoms with van der Waals surface area (Å²) in [5, 5.41) is 9.12. The number of carbonyl (C=O) groups excluding carboxylic acids is 1. The summed E-state index contributed by atoms with van der Waals surface area (Å²) in [6, 6.07) is 22.3. The van der Waals surface area contributed by atoms with Crippen molar-refractivity contribution in [3.05, 3.63) is 83.9 Å². The summed E-state index contributed by atoms with van der Waals surface area (Å²) in [6.45, 7) is 6.40. The number of rotatable bonds is 3. The Kier molecular flexibility index (Phi) is 4.43. The van der Waals surface area contributed by atoms with Crippen LogP contribution in [-0.4, -0.2) is 21.0 Å². The van der Waals surface area contributed by atoms with Crippen LogP contribution in [0.5, 0.6) is 5.75 Å². The van der Waals surface area contributed by atoms with Gasteiger partial charge in [-0.1, -0.05) is 57.2 Å². The Morgan fingerprint density at radius 1 is 0.857 bits per heavy atom. The molecule has 0 aliphatic carbocycles. The number of hydrogen-bond acceptors (Lipinski definition) is 4. The average molecular weight is 371 g/mol. The van der Waals surface area contributed by atoms with Gasteiger partial charge < -0.3 is 4.74 Å². The van der Waals surface area contributed by atoms with E-state index in [1.54, 1.807) is 12.1 Å². The first-order chi connectivity index (χ1) is 13.4. The quantitative estimate of drug-likeness (QED) is 0.378. The van der Waals surface area contributed by atoms with E-state index in [9.17, 15) is 4.79 Å². The third-order valence-corrected chi connectivity index (χ3v) is 4.54. The topological polar surface area (TPSA) is 57.0 Å². The smallest absolute Gasteiger partial charge is 0.343 e. The third kappa shape index (κ3) is 3.51. The van der Waals surface area contributed by atoms with Gasteiger partial charge in [0.2, 0.25) is 0 Å². The molecule has 4 rings (SSSR count). The first kappa shape index (κ1) is 17.9. The van der Waals surface area contributed by atoms with Crippen LogP contribution in [0.3, 0.4) is 0 Å². The number of hydrogen-bond donors (Lipinski definition) is 0. The highest BCUT2D eigenvalue weighted by Crippen LogP contribution is 2.31. The second kappa shape index (κ2) is 6.93. The number of nitrogens with zero attached hydrogens (tertiary/aromatic N) is 3. The normalized spacial score (nSPS) is 11.5. The zero-order valence-electron chi connectivity index (χ0n) is 16.1. The van der Waals surface area contributed by atoms with Gasteiger partial charge in [0, 0.05) is 0 Å². The van der Waals surface area contributed by atoms with E-state index < -0.39 is 5.97 Å². The Morgan fingerprint density at radius 2 is 1.46 bits per heavy atom. The zero-order chi connectivity index (χ0) is 19.7. The van der Waals surface area contributed by atoms with Crippen molar-refractivity contribution in [1.29, 1.82) is 0 Å². The summed E-state index contributed by atoms with van der Waals surface area (Å²) in [6.07, 6.45) is 0. The van der Waals surface area contributed by atoms with Crippen LogP contribution in [0.2, 0.25) is 0 Å². The summed E-state index contributed by atoms with van der Waals surface area (Å²) in [5.74, 6) is 0.00392. The monoisotopic (exact) mass is 371 g/mol. The van der Waals surface area contributed by atoms with Crippen LogP contribution in [0.4, 0.5) is 0 Å². The maximum Gasteiger partial charge on any atom is 0.343 e. The molecule has 0 unspecified atom stereocenters. The molecule has 0 atom stereocenters. The minimum atomic E-state index is -0.415. The van der Waals surface area contributed by atoms with Gasteiger partial charge in [-0.3, -0.25) is 0 Å². The highest BCUT2D eigenvalue weighted by atomic mass is 16.5. The van der Waals surface area contributed by atoms with Crippen molar-refractivity contribution in [3.63, 3.8) is 0 Å². The molecule has 1 aromatic heterocycles. The molecule has 1 heterocycles. The van der Waals surface area contributed by atoms with E-state index in [4.69, 9.17) is 4.74 Å². The van der Waals surface area contributed by atoms with Crippen LogP contribution in [0.25, 0.3) is 16.7 Å². The largest absolute Gasteiger partial charge is 0.421 e. The van der Waals surface area contributed by atoms with E-state index in [1.807, 2.05) is 60.7 Å². The second-order valence-electron chi connectivity index (χ2n) is 7.67. The van der Waals surface area contributed by atoms with Crippen molar-refractivity contribution >= 4 is 17.0 Å². The highest BCUT2D eigenvalue weighted by molar-refractivity contribution is 5.91. The van der Waals surface area contributed by atoms with Gasteiger partial charge in [-0.05, 0) is 47.4 Å². The van der Waals surface area contributed by atoms with Gasteiger partial charge in [-0.25, -0.2) is 4.79 Å². The summed E-state index contributed by atoms with van der Waals surface area (Å²) in [5.41, 5.74) is 3.72. The fourth-order valence-corrected chi connectivity index (χ4v) is 2.93. The van der Waals surface area contributed by atoms with Gasteiger partial charge in [0.05, 0.1) is 5.56 Å². The number of esters is 1. The number of fused-ring (bicyclic) bond motifs is 1. The number of aromatic nitrogens is 3. The van der Waals surface area contributed by atoms with Gasteiger partial charge >= 0.3 is 5.97 Å². The minimum absolute atomic E-state index is 0.0662. The van der Waals surface area contributed by atoms with E-state index in [-0.39, 0.29) is 5.41 Å². The standard InChI is InChI=1S/C23H21N3O2/c1-23(2,3)17-13-14-21(28-22(27)16-9-5-4-6-10-16)20(15-17)26-24-18-11-7-8-12-19(18)25-26/h4-15H,1-3H3. The molecule has 0 amide bonds. The van der Waals surface area contributed by atoms with E-state index >= 15 is 0 Å². The van der Waals surface area contributed by atoms with E-state index in [0.29, 0.717) is 17.0 Å². The lowest BCUT2D eigenvalue weighted by Gasteiger charge is -2.20. The summed E-state index contributed by atoms with van der Waals surface area (Å²) in [7, 11) is 0. The van der Waals surface area contributed by atoms with Gasteiger partial charge in [-0.15, -0.1) is 15.0 Å². The lowest BCUT2D eigenvalue weighted by molar-refractivity contribution is 0.0734. The van der Waals surface area contributed by atoms with Crippen molar-refractivity contribution in [2.24, 2.45) is 0 Å². The second-order valence-corrected chi connectivity index (χ2v) is 7.67. The molecule has 0 fully saturated rings. The molecule has 0 aliphatic heterocycles. The van der Waals surface area contributed by atoms with Crippen LogP contribution in [-0.2, 0) is 5.41 Å². The first-order valence-electron chi connectivity index (χ1n) is 9.16. The molecule has 0 saturated heterocycles. The highest BCUT2D eigenvalue weighted by Gasteiger charge is 2.20. The predicted molar refractivity (Wildman–Crippen MR) is 109 cm³/mol. The molecule has 4 aromatic rings. The summed E-state index contributed by atoms with van der Waals surface area (Å²) in [4.78, 5) is 14.1. The molecule has 0 N–H and O–H groups in total. The molecular formula is C23H21N3O2. The van der Waals surface area contributed by atoms with Gasteiger partial charge in [0.25, 0.3) is 0 Å². The van der Waals surface area contributed by atoms with Crippen molar-refractivity contribution in [2.75, 3.05) is 0 Å². The Morgan fingerprint density at radius 3 is 2.07 bits per heavy atom. The predicted octanol–water partition coefficient (Wildman–Crippen LogP) is 4.94. The number of benzene rings is 3. The van der Waals surface area contributed by atoms with E-state index in [0.717, 1.165) is 16.6 Å². The van der Waals surface area contributed by atoms with E-state index in [2.05, 4.69) is 31.0 Å². The summed E-state index contributed by atoms with van der Waals surface area (Å²) >= 11 is 0. The zero-order valence-corrected chi connectivity index (χ0v) is 16.1. The SMILES string of the molecule is CC(C)(C)c1ccc(OC(=O)c2ccccc2)c(-n2nc3ccccc3n2)c1. The molecular weight excluding hydrogens is 350 g/mol. The molecule has 0 radical (unpaired) electrons. The molecule has 5 nitrogen and oxygen atoms in total. The van der Waals surface area contributed by atoms with Gasteiger partial charge in [0.15, 0.2) is 5.75 Å². The average Bonchev–Trinajstić information content (AvgIpc) is 3.12.